The van der Waals surface area contributed by atoms with Gasteiger partial charge in [-0.1, -0.05) is 42.9 Å². The number of nitrogen functional groups attached to an aromatic ring is 1. The third-order valence-electron chi connectivity index (χ3n) is 6.72. The molecule has 1 aliphatic rings. The maximum Gasteiger partial charge on any atom is 0.138 e. The Bertz CT molecular complexity index is 1420. The number of likely N-dealkylation sites (N-methyl/N-ethyl adjacent to an activating group) is 1. The van der Waals surface area contributed by atoms with Gasteiger partial charge in [0.2, 0.25) is 0 Å². The largest absolute Gasteiger partial charge is 0.496 e. The average molecular weight is 527 g/mol. The summed E-state index contributed by atoms with van der Waals surface area (Å²) in [5.74, 6) is 1.71. The molecule has 1 saturated heterocycles. The lowest BCUT2D eigenvalue weighted by Crippen LogP contribution is -2.34. The van der Waals surface area contributed by atoms with Crippen molar-refractivity contribution in [2.75, 3.05) is 33.0 Å². The number of thioether (sulfide) groups is 1. The highest BCUT2D eigenvalue weighted by atomic mass is 35.5. The lowest BCUT2D eigenvalue weighted by molar-refractivity contribution is 0.419. The number of aryl methyl sites for hydroxylation is 2. The van der Waals surface area contributed by atoms with Crippen LogP contribution in [0.2, 0.25) is 5.02 Å². The third-order valence-corrected chi connectivity index (χ3v) is 8.06. The molecule has 1 aliphatic heterocycles. The van der Waals surface area contributed by atoms with Gasteiger partial charge >= 0.3 is 0 Å². The van der Waals surface area contributed by atoms with Gasteiger partial charge in [0.15, 0.2) is 0 Å². The second kappa shape index (κ2) is 11.2. The second-order valence-electron chi connectivity index (χ2n) is 9.09. The van der Waals surface area contributed by atoms with E-state index >= 15 is 0 Å². The molecular formula is C27H35ClN6OS. The van der Waals surface area contributed by atoms with E-state index in [1.165, 1.54) is 5.70 Å². The smallest absolute Gasteiger partial charge is 0.138 e. The molecule has 4 rings (SSSR count). The van der Waals surface area contributed by atoms with Crippen LogP contribution < -0.4 is 26.4 Å². The molecule has 7 nitrogen and oxygen atoms in total. The molecule has 192 valence electrons. The molecule has 0 saturated carbocycles. The van der Waals surface area contributed by atoms with Crippen LogP contribution in [0.3, 0.4) is 0 Å². The molecule has 0 radical (unpaired) electrons. The molecule has 0 aliphatic carbocycles. The zero-order valence-electron chi connectivity index (χ0n) is 21.7. The monoisotopic (exact) mass is 526 g/mol. The number of hydrogen-bond donors (Lipinski definition) is 3. The summed E-state index contributed by atoms with van der Waals surface area (Å²) in [6.45, 7) is 12.5. The number of benzene rings is 1. The van der Waals surface area contributed by atoms with E-state index < -0.39 is 0 Å². The minimum atomic E-state index is 0.423. The van der Waals surface area contributed by atoms with Crippen LogP contribution in [0.25, 0.3) is 22.7 Å². The highest BCUT2D eigenvalue weighted by Gasteiger charge is 2.22. The van der Waals surface area contributed by atoms with Gasteiger partial charge < -0.3 is 25.7 Å². The zero-order chi connectivity index (χ0) is 26.0. The maximum atomic E-state index is 6.85. The maximum absolute atomic E-state index is 6.85. The number of methoxy groups -OCH3 is 1. The molecule has 0 spiro atoms. The van der Waals surface area contributed by atoms with Crippen molar-refractivity contribution in [3.63, 3.8) is 0 Å². The third kappa shape index (κ3) is 5.36. The first-order valence-corrected chi connectivity index (χ1v) is 13.4. The molecule has 1 unspecified atom stereocenters. The van der Waals surface area contributed by atoms with Gasteiger partial charge in [-0.2, -0.15) is 0 Å². The van der Waals surface area contributed by atoms with Gasteiger partial charge in [-0.25, -0.2) is 9.97 Å². The quantitative estimate of drug-likeness (QED) is 0.382. The Hall–Kier alpha value is -2.68. The summed E-state index contributed by atoms with van der Waals surface area (Å²) in [6, 6.07) is 4.48. The molecule has 0 amide bonds. The molecule has 9 heteroatoms. The van der Waals surface area contributed by atoms with E-state index in [2.05, 4.69) is 51.7 Å². The Balaban J connectivity index is 1.63. The number of aromatic nitrogens is 3. The van der Waals surface area contributed by atoms with Crippen molar-refractivity contribution in [2.45, 2.75) is 51.0 Å². The van der Waals surface area contributed by atoms with Gasteiger partial charge in [-0.15, -0.1) is 0 Å². The van der Waals surface area contributed by atoms with E-state index in [1.54, 1.807) is 18.9 Å². The molecule has 3 heterocycles. The van der Waals surface area contributed by atoms with E-state index in [0.29, 0.717) is 29.9 Å². The van der Waals surface area contributed by atoms with E-state index in [-0.39, 0.29) is 0 Å². The van der Waals surface area contributed by atoms with Gasteiger partial charge in [-0.3, -0.25) is 0 Å². The van der Waals surface area contributed by atoms with Crippen LogP contribution in [0.4, 0.5) is 5.82 Å². The van der Waals surface area contributed by atoms with Crippen LogP contribution in [-0.2, 0) is 6.42 Å². The zero-order valence-corrected chi connectivity index (χ0v) is 23.2. The van der Waals surface area contributed by atoms with Crippen LogP contribution in [0.1, 0.15) is 38.2 Å². The topological polar surface area (TPSA) is 92.1 Å². The second-order valence-corrected chi connectivity index (χ2v) is 10.7. The Morgan fingerprint density at radius 1 is 1.42 bits per heavy atom. The lowest BCUT2D eigenvalue weighted by atomic mass is 10.2. The fourth-order valence-corrected chi connectivity index (χ4v) is 6.01. The van der Waals surface area contributed by atoms with Gasteiger partial charge in [0.25, 0.3) is 0 Å². The highest BCUT2D eigenvalue weighted by molar-refractivity contribution is 8.03. The standard InChI is InChI=1S/C27H35ClN6OS/c1-7-20-26(28)24(16(3)34-11-10-18(14-34)30-5)21(33-20)9-8-15(2)36-19-12-22-25(23(13-19)35-6)27(29)32-17(4)31-22/h9,12-13,18,30,33H,2,7-8,10-11,14H2,1,3-6H3,(H2,29,31,32). The number of allylic oxidation sites excluding steroid dienone is 1. The summed E-state index contributed by atoms with van der Waals surface area (Å²) in [4.78, 5) is 16.8. The fourth-order valence-electron chi connectivity index (χ4n) is 4.75. The number of halogens is 1. The number of H-pyrrole nitrogens is 1. The normalized spacial score (nSPS) is 17.2. The van der Waals surface area contributed by atoms with E-state index in [4.69, 9.17) is 22.1 Å². The molecule has 36 heavy (non-hydrogen) atoms. The summed E-state index contributed by atoms with van der Waals surface area (Å²) in [7, 11) is 3.66. The minimum absolute atomic E-state index is 0.423. The Morgan fingerprint density at radius 3 is 2.86 bits per heavy atom. The van der Waals surface area contributed by atoms with Crippen molar-refractivity contribution < 1.29 is 4.74 Å². The number of likely N-dealkylation sites (tertiary alicyclic amines) is 1. The highest BCUT2D eigenvalue weighted by Crippen LogP contribution is 2.36. The van der Waals surface area contributed by atoms with Crippen LogP contribution in [0.5, 0.6) is 5.75 Å². The van der Waals surface area contributed by atoms with Crippen molar-refractivity contribution in [3.8, 4) is 5.75 Å². The predicted molar refractivity (Wildman–Crippen MR) is 152 cm³/mol. The number of fused-ring (bicyclic) bond motifs is 1. The first kappa shape index (κ1) is 26.4. The molecule has 2 aromatic heterocycles. The first-order chi connectivity index (χ1) is 17.2. The van der Waals surface area contributed by atoms with Gasteiger partial charge in [0.1, 0.15) is 17.4 Å². The Labute approximate surface area is 221 Å². The van der Waals surface area contributed by atoms with Crippen molar-refractivity contribution in [3.05, 3.63) is 50.7 Å². The van der Waals surface area contributed by atoms with E-state index in [1.807, 2.05) is 26.1 Å². The molecule has 3 aromatic rings. The van der Waals surface area contributed by atoms with Gasteiger partial charge in [0.05, 0.1) is 23.0 Å². The Morgan fingerprint density at radius 2 is 2.19 bits per heavy atom. The number of hydrogen-bond acceptors (Lipinski definition) is 7. The van der Waals surface area contributed by atoms with Crippen molar-refractivity contribution in [1.82, 2.24) is 25.2 Å². The number of rotatable bonds is 8. The average Bonchev–Trinajstić information content (AvgIpc) is 3.45. The summed E-state index contributed by atoms with van der Waals surface area (Å²) >= 11 is 8.45. The minimum Gasteiger partial charge on any atom is -0.496 e. The number of nitrogens with two attached hydrogens (primary N) is 1. The number of aromatic amines is 1. The van der Waals surface area contributed by atoms with Crippen molar-refractivity contribution in [1.29, 1.82) is 0 Å². The lowest BCUT2D eigenvalue weighted by Gasteiger charge is -2.19. The van der Waals surface area contributed by atoms with Crippen LogP contribution in [-0.4, -0.2) is 53.1 Å². The molecule has 0 bridgehead atoms. The number of anilines is 1. The molecule has 1 fully saturated rings. The van der Waals surface area contributed by atoms with Crippen LogP contribution >= 0.6 is 23.4 Å². The van der Waals surface area contributed by atoms with E-state index in [0.717, 1.165) is 67.9 Å². The number of ether oxygens (including phenoxy) is 1. The summed E-state index contributed by atoms with van der Waals surface area (Å²) in [5, 5.41) is 7.09. The number of nitrogens with zero attached hydrogens (tertiary/aromatic N) is 3. The van der Waals surface area contributed by atoms with Crippen molar-refractivity contribution >= 4 is 51.9 Å². The van der Waals surface area contributed by atoms with Crippen LogP contribution in [0, 0.1) is 6.92 Å². The summed E-state index contributed by atoms with van der Waals surface area (Å²) < 4.78 is 5.59. The fraction of sp³-hybridized carbons (Fsp3) is 0.407. The molecule has 1 aromatic carbocycles. The molecular weight excluding hydrogens is 492 g/mol. The first-order valence-electron chi connectivity index (χ1n) is 12.2. The van der Waals surface area contributed by atoms with E-state index in [9.17, 15) is 0 Å². The van der Waals surface area contributed by atoms with Gasteiger partial charge in [0, 0.05) is 46.0 Å². The Kier molecular flexibility index (Phi) is 8.17. The predicted octanol–water partition coefficient (Wildman–Crippen LogP) is 3.97. The molecule has 4 N–H and O–H groups in total. The van der Waals surface area contributed by atoms with Crippen LogP contribution in [0.15, 0.2) is 28.5 Å². The number of nitrogens with one attached hydrogen (secondary N) is 2. The van der Waals surface area contributed by atoms with Crippen molar-refractivity contribution in [2.24, 2.45) is 0 Å². The summed E-state index contributed by atoms with van der Waals surface area (Å²) in [5.41, 5.74) is 9.18. The molecule has 1 atom stereocenters. The SMILES string of the molecule is C=C(CC=c1[nH]c(CC)c(Cl)c1=C(C)N1CCC(NC)C1)Sc1cc(OC)c2c(N)nc(C)nc2c1. The summed E-state index contributed by atoms with van der Waals surface area (Å²) in [6.07, 6.45) is 4.86. The van der Waals surface area contributed by atoms with Gasteiger partial charge in [-0.05, 0) is 57.2 Å².